The summed E-state index contributed by atoms with van der Waals surface area (Å²) in [7, 11) is -3.55. The van der Waals surface area contributed by atoms with Crippen LogP contribution in [0.2, 0.25) is 0 Å². The van der Waals surface area contributed by atoms with E-state index in [1.807, 2.05) is 19.1 Å². The topological polar surface area (TPSA) is 72.2 Å². The van der Waals surface area contributed by atoms with Gasteiger partial charge in [0.25, 0.3) is 0 Å². The first kappa shape index (κ1) is 13.9. The number of thiocarbonyl (C=S) groups is 1. The van der Waals surface area contributed by atoms with Crippen LogP contribution in [0.15, 0.2) is 24.3 Å². The molecule has 0 bridgehead atoms. The van der Waals surface area contributed by atoms with Crippen molar-refractivity contribution < 1.29 is 8.42 Å². The molecule has 1 unspecified atom stereocenters. The number of benzene rings is 1. The number of anilines is 1. The van der Waals surface area contributed by atoms with Crippen molar-refractivity contribution in [2.45, 2.75) is 25.5 Å². The molecular formula is C11H16N2O2S2. The van der Waals surface area contributed by atoms with Gasteiger partial charge in [0.15, 0.2) is 0 Å². The summed E-state index contributed by atoms with van der Waals surface area (Å²) in [6.07, 6.45) is 0.913. The van der Waals surface area contributed by atoms with E-state index >= 15 is 0 Å². The van der Waals surface area contributed by atoms with E-state index in [1.165, 1.54) is 6.92 Å². The van der Waals surface area contributed by atoms with Crippen LogP contribution in [-0.2, 0) is 16.4 Å². The molecule has 3 N–H and O–H groups in total. The van der Waals surface area contributed by atoms with Crippen LogP contribution in [-0.4, -0.2) is 18.7 Å². The summed E-state index contributed by atoms with van der Waals surface area (Å²) in [5.41, 5.74) is 7.00. The summed E-state index contributed by atoms with van der Waals surface area (Å²) in [5, 5.41) is -0.886. The van der Waals surface area contributed by atoms with Gasteiger partial charge in [0, 0.05) is 5.69 Å². The van der Waals surface area contributed by atoms with Gasteiger partial charge in [0.2, 0.25) is 10.0 Å². The maximum absolute atomic E-state index is 11.8. The summed E-state index contributed by atoms with van der Waals surface area (Å²) in [6.45, 7) is 3.50. The van der Waals surface area contributed by atoms with E-state index in [0.717, 1.165) is 12.0 Å². The molecule has 0 saturated heterocycles. The highest BCUT2D eigenvalue weighted by Crippen LogP contribution is 2.13. The van der Waals surface area contributed by atoms with E-state index < -0.39 is 15.3 Å². The number of nitrogens with two attached hydrogens (primary N) is 1. The average Bonchev–Trinajstić information content (AvgIpc) is 2.28. The molecule has 0 spiro atoms. The van der Waals surface area contributed by atoms with Crippen LogP contribution in [0.4, 0.5) is 5.69 Å². The SMILES string of the molecule is CCc1ccc(NS(=O)(=O)C(C)C(N)=S)cc1. The summed E-state index contributed by atoms with van der Waals surface area (Å²) in [6, 6.07) is 7.21. The standard InChI is InChI=1S/C11H16N2O2S2/c1-3-9-4-6-10(7-5-9)13-17(14,15)8(2)11(12)16/h4-8,13H,3H2,1-2H3,(H2,12,16). The van der Waals surface area contributed by atoms with E-state index in [2.05, 4.69) is 16.9 Å². The highest BCUT2D eigenvalue weighted by molar-refractivity contribution is 7.95. The minimum atomic E-state index is -3.55. The zero-order valence-electron chi connectivity index (χ0n) is 9.80. The lowest BCUT2D eigenvalue weighted by atomic mass is 10.2. The predicted octanol–water partition coefficient (Wildman–Crippen LogP) is 1.67. The molecule has 4 nitrogen and oxygen atoms in total. The molecule has 6 heteroatoms. The zero-order chi connectivity index (χ0) is 13.1. The second kappa shape index (κ2) is 5.46. The maximum Gasteiger partial charge on any atom is 0.241 e. The largest absolute Gasteiger partial charge is 0.392 e. The van der Waals surface area contributed by atoms with Crippen LogP contribution in [0.1, 0.15) is 19.4 Å². The summed E-state index contributed by atoms with van der Waals surface area (Å²) in [5.74, 6) is 0. The van der Waals surface area contributed by atoms with Crippen LogP contribution in [0.25, 0.3) is 0 Å². The van der Waals surface area contributed by atoms with Crippen LogP contribution < -0.4 is 10.5 Å². The van der Waals surface area contributed by atoms with Gasteiger partial charge in [-0.15, -0.1) is 0 Å². The molecular weight excluding hydrogens is 256 g/mol. The third-order valence-corrected chi connectivity index (χ3v) is 4.70. The quantitative estimate of drug-likeness (QED) is 0.800. The van der Waals surface area contributed by atoms with Gasteiger partial charge in [-0.05, 0) is 31.0 Å². The Morgan fingerprint density at radius 3 is 2.35 bits per heavy atom. The number of nitrogens with one attached hydrogen (secondary N) is 1. The Labute approximate surface area is 107 Å². The highest BCUT2D eigenvalue weighted by Gasteiger charge is 2.22. The van der Waals surface area contributed by atoms with Crippen molar-refractivity contribution in [2.24, 2.45) is 5.73 Å². The molecule has 1 aromatic rings. The van der Waals surface area contributed by atoms with E-state index in [9.17, 15) is 8.42 Å². The van der Waals surface area contributed by atoms with Crippen molar-refractivity contribution in [1.29, 1.82) is 0 Å². The smallest absolute Gasteiger partial charge is 0.241 e. The second-order valence-corrected chi connectivity index (χ2v) is 6.21. The Morgan fingerprint density at radius 2 is 1.94 bits per heavy atom. The van der Waals surface area contributed by atoms with Crippen molar-refractivity contribution in [3.05, 3.63) is 29.8 Å². The fourth-order valence-corrected chi connectivity index (χ4v) is 2.54. The Morgan fingerprint density at radius 1 is 1.41 bits per heavy atom. The Hall–Kier alpha value is -1.14. The van der Waals surface area contributed by atoms with Crippen LogP contribution in [0, 0.1) is 0 Å². The lowest BCUT2D eigenvalue weighted by Crippen LogP contribution is -2.35. The third kappa shape index (κ3) is 3.67. The molecule has 94 valence electrons. The molecule has 17 heavy (non-hydrogen) atoms. The highest BCUT2D eigenvalue weighted by atomic mass is 32.2. The van der Waals surface area contributed by atoms with Crippen molar-refractivity contribution in [2.75, 3.05) is 4.72 Å². The fourth-order valence-electron chi connectivity index (χ4n) is 1.21. The zero-order valence-corrected chi connectivity index (χ0v) is 11.4. The van der Waals surface area contributed by atoms with Crippen LogP contribution in [0.5, 0.6) is 0 Å². The second-order valence-electron chi connectivity index (χ2n) is 3.74. The Balaban J connectivity index is 2.86. The van der Waals surface area contributed by atoms with E-state index in [4.69, 9.17) is 5.73 Å². The lowest BCUT2D eigenvalue weighted by Gasteiger charge is -2.13. The molecule has 0 aliphatic carbocycles. The van der Waals surface area contributed by atoms with Gasteiger partial charge in [-0.25, -0.2) is 8.42 Å². The molecule has 1 aromatic carbocycles. The first-order chi connectivity index (χ1) is 7.86. The van der Waals surface area contributed by atoms with Gasteiger partial charge < -0.3 is 5.73 Å². The molecule has 0 aliphatic heterocycles. The van der Waals surface area contributed by atoms with Crippen molar-refractivity contribution >= 4 is 32.9 Å². The van der Waals surface area contributed by atoms with E-state index in [-0.39, 0.29) is 4.99 Å². The monoisotopic (exact) mass is 272 g/mol. The van der Waals surface area contributed by atoms with Gasteiger partial charge in [0.1, 0.15) is 5.25 Å². The normalized spacial score (nSPS) is 13.1. The molecule has 0 aliphatic rings. The molecule has 0 amide bonds. The molecule has 1 atom stereocenters. The number of hydrogen-bond donors (Lipinski definition) is 2. The number of sulfonamides is 1. The minimum Gasteiger partial charge on any atom is -0.392 e. The molecule has 0 aromatic heterocycles. The third-order valence-electron chi connectivity index (χ3n) is 2.49. The van der Waals surface area contributed by atoms with Gasteiger partial charge in [-0.2, -0.15) is 0 Å². The summed E-state index contributed by atoms with van der Waals surface area (Å²) in [4.78, 5) is -0.0392. The van der Waals surface area contributed by atoms with Crippen molar-refractivity contribution in [3.63, 3.8) is 0 Å². The van der Waals surface area contributed by atoms with Crippen molar-refractivity contribution in [3.8, 4) is 0 Å². The van der Waals surface area contributed by atoms with Gasteiger partial charge in [-0.1, -0.05) is 31.3 Å². The number of rotatable bonds is 5. The Bertz CT molecular complexity index is 495. The summed E-state index contributed by atoms with van der Waals surface area (Å²) < 4.78 is 26.1. The van der Waals surface area contributed by atoms with Gasteiger partial charge in [0.05, 0.1) is 4.99 Å². The van der Waals surface area contributed by atoms with Gasteiger partial charge >= 0.3 is 0 Å². The molecule has 0 fully saturated rings. The lowest BCUT2D eigenvalue weighted by molar-refractivity contribution is 0.598. The van der Waals surface area contributed by atoms with Gasteiger partial charge in [-0.3, -0.25) is 4.72 Å². The van der Waals surface area contributed by atoms with Crippen LogP contribution in [0.3, 0.4) is 0 Å². The first-order valence-corrected chi connectivity index (χ1v) is 7.22. The summed E-state index contributed by atoms with van der Waals surface area (Å²) >= 11 is 4.68. The predicted molar refractivity (Wildman–Crippen MR) is 74.6 cm³/mol. The average molecular weight is 272 g/mol. The number of aryl methyl sites for hydroxylation is 1. The van der Waals surface area contributed by atoms with Crippen molar-refractivity contribution in [1.82, 2.24) is 0 Å². The molecule has 1 rings (SSSR count). The number of hydrogen-bond acceptors (Lipinski definition) is 3. The Kier molecular flexibility index (Phi) is 4.47. The molecule has 0 saturated carbocycles. The van der Waals surface area contributed by atoms with Crippen LogP contribution >= 0.6 is 12.2 Å². The fraction of sp³-hybridized carbons (Fsp3) is 0.364. The first-order valence-electron chi connectivity index (χ1n) is 5.26. The minimum absolute atomic E-state index is 0.0392. The van der Waals surface area contributed by atoms with E-state index in [0.29, 0.717) is 5.69 Å². The van der Waals surface area contributed by atoms with E-state index in [1.54, 1.807) is 12.1 Å². The maximum atomic E-state index is 11.8. The molecule has 0 heterocycles. The molecule has 0 radical (unpaired) electrons.